The molecule has 1 nitrogen and oxygen atoms in total. The second-order valence-electron chi connectivity index (χ2n) is 2.44. The molecule has 0 saturated heterocycles. The molecule has 1 rings (SSSR count). The molecular formula is C9H10ClNS. The second-order valence-corrected chi connectivity index (χ2v) is 3.45. The first-order valence-electron chi connectivity index (χ1n) is 3.76. The predicted molar refractivity (Wildman–Crippen MR) is 56.6 cm³/mol. The van der Waals surface area contributed by atoms with E-state index in [0.29, 0.717) is 4.45 Å². The van der Waals surface area contributed by atoms with Gasteiger partial charge in [0.25, 0.3) is 0 Å². The van der Waals surface area contributed by atoms with Crippen LogP contribution in [0.25, 0.3) is 0 Å². The Labute approximate surface area is 82.7 Å². The number of nitrogens with one attached hydrogen (secondary N) is 1. The molecule has 0 aliphatic heterocycles. The highest BCUT2D eigenvalue weighted by Crippen LogP contribution is 1.98. The smallest absolute Gasteiger partial charge is 0.167 e. The number of hydrogen-bond donors (Lipinski definition) is 1. The molecule has 0 aromatic heterocycles. The highest BCUT2D eigenvalue weighted by molar-refractivity contribution is 7.83. The Kier molecular flexibility index (Phi) is 4.05. The van der Waals surface area contributed by atoms with Gasteiger partial charge in [-0.2, -0.15) is 0 Å². The minimum atomic E-state index is 0.339. The second kappa shape index (κ2) is 5.12. The van der Waals surface area contributed by atoms with Gasteiger partial charge in [0.1, 0.15) is 0 Å². The lowest BCUT2D eigenvalue weighted by atomic mass is 10.2. The number of thiocarbonyl (C=S) groups is 1. The van der Waals surface area contributed by atoms with Crippen LogP contribution >= 0.6 is 23.8 Å². The summed E-state index contributed by atoms with van der Waals surface area (Å²) in [5.74, 6) is 0. The van der Waals surface area contributed by atoms with Crippen molar-refractivity contribution < 1.29 is 0 Å². The van der Waals surface area contributed by atoms with E-state index in [9.17, 15) is 0 Å². The number of hydrogen-bond acceptors (Lipinski definition) is 1. The van der Waals surface area contributed by atoms with Gasteiger partial charge >= 0.3 is 0 Å². The van der Waals surface area contributed by atoms with Gasteiger partial charge < -0.3 is 5.32 Å². The van der Waals surface area contributed by atoms with E-state index in [4.69, 9.17) is 11.6 Å². The van der Waals surface area contributed by atoms with Crippen LogP contribution in [0.15, 0.2) is 30.3 Å². The quantitative estimate of drug-likeness (QED) is 0.456. The van der Waals surface area contributed by atoms with Crippen LogP contribution in [0.3, 0.4) is 0 Å². The standard InChI is InChI=1S/C9H10ClNS/c10-9(12)11-7-6-8-4-2-1-3-5-8/h1-5H,6-7H2,(H,11,12). The molecule has 1 aromatic carbocycles. The van der Waals surface area contributed by atoms with Crippen LogP contribution in [0.1, 0.15) is 5.56 Å². The fraction of sp³-hybridized carbons (Fsp3) is 0.222. The zero-order valence-electron chi connectivity index (χ0n) is 6.59. The minimum Gasteiger partial charge on any atom is -0.367 e. The summed E-state index contributed by atoms with van der Waals surface area (Å²) in [5, 5.41) is 2.89. The van der Waals surface area contributed by atoms with Crippen molar-refractivity contribution in [2.75, 3.05) is 6.54 Å². The first-order chi connectivity index (χ1) is 5.79. The van der Waals surface area contributed by atoms with E-state index in [1.54, 1.807) is 0 Å². The van der Waals surface area contributed by atoms with E-state index >= 15 is 0 Å². The first-order valence-corrected chi connectivity index (χ1v) is 4.55. The maximum Gasteiger partial charge on any atom is 0.167 e. The first kappa shape index (κ1) is 9.49. The van der Waals surface area contributed by atoms with Crippen LogP contribution in [0.5, 0.6) is 0 Å². The fourth-order valence-corrected chi connectivity index (χ4v) is 1.15. The van der Waals surface area contributed by atoms with Gasteiger partial charge in [0.2, 0.25) is 0 Å². The summed E-state index contributed by atoms with van der Waals surface area (Å²) in [6.45, 7) is 0.798. The molecule has 0 fully saturated rings. The predicted octanol–water partition coefficient (Wildman–Crippen LogP) is 2.34. The average Bonchev–Trinajstić information content (AvgIpc) is 2.05. The molecule has 0 amide bonds. The zero-order valence-corrected chi connectivity index (χ0v) is 8.16. The summed E-state index contributed by atoms with van der Waals surface area (Å²) in [6.07, 6.45) is 0.952. The normalized spacial score (nSPS) is 9.42. The maximum atomic E-state index is 5.46. The largest absolute Gasteiger partial charge is 0.367 e. The van der Waals surface area contributed by atoms with E-state index in [-0.39, 0.29) is 0 Å². The lowest BCUT2D eigenvalue weighted by molar-refractivity contribution is 0.882. The summed E-state index contributed by atoms with van der Waals surface area (Å²) >= 11 is 10.1. The Morgan fingerprint density at radius 1 is 1.33 bits per heavy atom. The van der Waals surface area contributed by atoms with Crippen LogP contribution < -0.4 is 5.32 Å². The monoisotopic (exact) mass is 199 g/mol. The van der Waals surface area contributed by atoms with Crippen molar-refractivity contribution in [3.05, 3.63) is 35.9 Å². The Morgan fingerprint density at radius 3 is 2.58 bits per heavy atom. The van der Waals surface area contributed by atoms with Crippen LogP contribution in [-0.2, 0) is 6.42 Å². The molecule has 0 radical (unpaired) electrons. The zero-order chi connectivity index (χ0) is 8.81. The Bertz CT molecular complexity index is 248. The average molecular weight is 200 g/mol. The molecule has 0 aliphatic carbocycles. The maximum absolute atomic E-state index is 5.46. The molecule has 0 aliphatic rings. The van der Waals surface area contributed by atoms with Gasteiger partial charge in [0, 0.05) is 6.54 Å². The van der Waals surface area contributed by atoms with Crippen LogP contribution in [0.2, 0.25) is 0 Å². The van der Waals surface area contributed by atoms with Gasteiger partial charge in [0.15, 0.2) is 4.45 Å². The molecular weight excluding hydrogens is 190 g/mol. The third-order valence-electron chi connectivity index (χ3n) is 1.52. The molecule has 0 bridgehead atoms. The highest BCUT2D eigenvalue weighted by Gasteiger charge is 1.91. The molecule has 0 unspecified atom stereocenters. The highest BCUT2D eigenvalue weighted by atomic mass is 35.5. The van der Waals surface area contributed by atoms with Crippen LogP contribution in [0, 0.1) is 0 Å². The summed E-state index contributed by atoms with van der Waals surface area (Å²) in [4.78, 5) is 0. The van der Waals surface area contributed by atoms with Crippen LogP contribution in [0.4, 0.5) is 0 Å². The SMILES string of the molecule is S=C(Cl)NCCc1ccccc1. The van der Waals surface area contributed by atoms with Crippen molar-refractivity contribution in [2.24, 2.45) is 0 Å². The third kappa shape index (κ3) is 3.69. The van der Waals surface area contributed by atoms with Gasteiger partial charge in [-0.25, -0.2) is 0 Å². The van der Waals surface area contributed by atoms with Crippen molar-refractivity contribution in [1.82, 2.24) is 5.32 Å². The molecule has 0 spiro atoms. The van der Waals surface area contributed by atoms with Gasteiger partial charge in [-0.15, -0.1) is 0 Å². The van der Waals surface area contributed by atoms with E-state index in [1.807, 2.05) is 18.2 Å². The van der Waals surface area contributed by atoms with Crippen molar-refractivity contribution >= 4 is 28.3 Å². The molecule has 3 heteroatoms. The van der Waals surface area contributed by atoms with E-state index in [0.717, 1.165) is 13.0 Å². The lowest BCUT2D eigenvalue weighted by Gasteiger charge is -2.01. The Morgan fingerprint density at radius 2 is 2.00 bits per heavy atom. The lowest BCUT2D eigenvalue weighted by Crippen LogP contribution is -2.18. The topological polar surface area (TPSA) is 12.0 Å². The Hall–Kier alpha value is -0.600. The van der Waals surface area contributed by atoms with Gasteiger partial charge in [-0.05, 0) is 24.2 Å². The number of benzene rings is 1. The molecule has 1 N–H and O–H groups in total. The Balaban J connectivity index is 2.29. The molecule has 64 valence electrons. The molecule has 12 heavy (non-hydrogen) atoms. The summed E-state index contributed by atoms with van der Waals surface area (Å²) in [6, 6.07) is 10.2. The third-order valence-corrected chi connectivity index (χ3v) is 1.80. The van der Waals surface area contributed by atoms with E-state index in [1.165, 1.54) is 5.56 Å². The van der Waals surface area contributed by atoms with Crippen molar-refractivity contribution in [3.8, 4) is 0 Å². The summed E-state index contributed by atoms with van der Waals surface area (Å²) < 4.78 is 0.339. The summed E-state index contributed by atoms with van der Waals surface area (Å²) in [5.41, 5.74) is 1.29. The van der Waals surface area contributed by atoms with Gasteiger partial charge in [-0.3, -0.25) is 0 Å². The van der Waals surface area contributed by atoms with Gasteiger partial charge in [0.05, 0.1) is 0 Å². The van der Waals surface area contributed by atoms with Crippen molar-refractivity contribution in [2.45, 2.75) is 6.42 Å². The van der Waals surface area contributed by atoms with Crippen LogP contribution in [-0.4, -0.2) is 11.0 Å². The molecule has 0 atom stereocenters. The van der Waals surface area contributed by atoms with Gasteiger partial charge in [-0.1, -0.05) is 41.9 Å². The molecule has 1 aromatic rings. The fourth-order valence-electron chi connectivity index (χ4n) is 0.950. The molecule has 0 heterocycles. The minimum absolute atomic E-state index is 0.339. The number of halogens is 1. The molecule has 0 saturated carbocycles. The van der Waals surface area contributed by atoms with E-state index in [2.05, 4.69) is 29.7 Å². The van der Waals surface area contributed by atoms with Crippen molar-refractivity contribution in [1.29, 1.82) is 0 Å². The summed E-state index contributed by atoms with van der Waals surface area (Å²) in [7, 11) is 0. The number of rotatable bonds is 3. The van der Waals surface area contributed by atoms with Crippen molar-refractivity contribution in [3.63, 3.8) is 0 Å². The van der Waals surface area contributed by atoms with E-state index < -0.39 is 0 Å².